The van der Waals surface area contributed by atoms with Crippen molar-refractivity contribution in [3.8, 4) is 0 Å². The molecular formula is C11H17N3O3. The number of aromatic nitrogens is 2. The van der Waals surface area contributed by atoms with Crippen molar-refractivity contribution in [1.82, 2.24) is 15.1 Å². The summed E-state index contributed by atoms with van der Waals surface area (Å²) in [6, 6.07) is 1.67. The van der Waals surface area contributed by atoms with Crippen LogP contribution in [0.25, 0.3) is 0 Å². The Labute approximate surface area is 99.9 Å². The van der Waals surface area contributed by atoms with Crippen LogP contribution in [0.5, 0.6) is 0 Å². The molecule has 1 N–H and O–H groups in total. The highest BCUT2D eigenvalue weighted by Crippen LogP contribution is 2.21. The highest BCUT2D eigenvalue weighted by Gasteiger charge is 2.32. The van der Waals surface area contributed by atoms with Crippen LogP contribution in [0.1, 0.15) is 24.3 Å². The molecule has 0 saturated carbocycles. The minimum Gasteiger partial charge on any atom is -0.348 e. The smallest absolute Gasteiger partial charge is 0.269 e. The van der Waals surface area contributed by atoms with E-state index in [0.29, 0.717) is 18.8 Å². The van der Waals surface area contributed by atoms with Crippen LogP contribution in [0.2, 0.25) is 0 Å². The summed E-state index contributed by atoms with van der Waals surface area (Å²) in [5, 5.41) is 6.74. The molecule has 94 valence electrons. The molecule has 6 nitrogen and oxygen atoms in total. The van der Waals surface area contributed by atoms with Crippen molar-refractivity contribution in [2.75, 3.05) is 13.2 Å². The highest BCUT2D eigenvalue weighted by atomic mass is 16.7. The van der Waals surface area contributed by atoms with Gasteiger partial charge in [-0.2, -0.15) is 5.10 Å². The van der Waals surface area contributed by atoms with E-state index in [1.807, 2.05) is 13.8 Å². The van der Waals surface area contributed by atoms with E-state index in [2.05, 4.69) is 10.4 Å². The molecule has 1 amide bonds. The topological polar surface area (TPSA) is 65.4 Å². The molecule has 0 radical (unpaired) electrons. The van der Waals surface area contributed by atoms with E-state index in [-0.39, 0.29) is 12.0 Å². The summed E-state index contributed by atoms with van der Waals surface area (Å²) in [5.74, 6) is -0.708. The molecule has 1 aromatic heterocycles. The molecular weight excluding hydrogens is 222 g/mol. The molecule has 0 spiro atoms. The minimum absolute atomic E-state index is 0.0952. The summed E-state index contributed by atoms with van der Waals surface area (Å²) in [6.07, 6.45) is 1.50. The number of amides is 1. The summed E-state index contributed by atoms with van der Waals surface area (Å²) >= 11 is 0. The van der Waals surface area contributed by atoms with Crippen molar-refractivity contribution in [3.05, 3.63) is 18.0 Å². The van der Waals surface area contributed by atoms with Gasteiger partial charge in [0.2, 0.25) is 0 Å². The SMILES string of the molecule is Cn1nccc1C(=O)NCC1COC(C)(C)O1. The van der Waals surface area contributed by atoms with Crippen LogP contribution in [0, 0.1) is 0 Å². The molecule has 1 aliphatic rings. The third-order valence-electron chi connectivity index (χ3n) is 2.61. The lowest BCUT2D eigenvalue weighted by molar-refractivity contribution is -0.137. The van der Waals surface area contributed by atoms with Crippen LogP contribution >= 0.6 is 0 Å². The van der Waals surface area contributed by atoms with Crippen molar-refractivity contribution in [1.29, 1.82) is 0 Å². The Kier molecular flexibility index (Phi) is 3.17. The predicted molar refractivity (Wildman–Crippen MR) is 60.4 cm³/mol. The van der Waals surface area contributed by atoms with Crippen LogP contribution in [0.3, 0.4) is 0 Å². The molecule has 2 heterocycles. The summed E-state index contributed by atoms with van der Waals surface area (Å²) < 4.78 is 12.5. The Balaban J connectivity index is 1.84. The lowest BCUT2D eigenvalue weighted by atomic mass is 10.3. The van der Waals surface area contributed by atoms with Crippen LogP contribution < -0.4 is 5.32 Å². The average Bonchev–Trinajstić information content (AvgIpc) is 2.81. The number of ether oxygens (including phenoxy) is 2. The minimum atomic E-state index is -0.554. The monoisotopic (exact) mass is 239 g/mol. The number of nitrogens with one attached hydrogen (secondary N) is 1. The van der Waals surface area contributed by atoms with E-state index < -0.39 is 5.79 Å². The highest BCUT2D eigenvalue weighted by molar-refractivity contribution is 5.92. The maximum Gasteiger partial charge on any atom is 0.269 e. The van der Waals surface area contributed by atoms with Crippen molar-refractivity contribution < 1.29 is 14.3 Å². The zero-order valence-corrected chi connectivity index (χ0v) is 10.3. The van der Waals surface area contributed by atoms with Crippen molar-refractivity contribution in [3.63, 3.8) is 0 Å². The van der Waals surface area contributed by atoms with Gasteiger partial charge < -0.3 is 14.8 Å². The molecule has 1 aliphatic heterocycles. The zero-order valence-electron chi connectivity index (χ0n) is 10.3. The van der Waals surface area contributed by atoms with E-state index >= 15 is 0 Å². The molecule has 6 heteroatoms. The van der Waals surface area contributed by atoms with Gasteiger partial charge in [0.1, 0.15) is 11.8 Å². The molecule has 0 aromatic carbocycles. The maximum atomic E-state index is 11.8. The van der Waals surface area contributed by atoms with Gasteiger partial charge in [-0.25, -0.2) is 0 Å². The van der Waals surface area contributed by atoms with Crippen LogP contribution in [-0.4, -0.2) is 40.7 Å². The molecule has 1 fully saturated rings. The Bertz CT molecular complexity index is 414. The second kappa shape index (κ2) is 4.46. The number of nitrogens with zero attached hydrogens (tertiary/aromatic N) is 2. The lowest BCUT2D eigenvalue weighted by Crippen LogP contribution is -2.35. The van der Waals surface area contributed by atoms with Gasteiger partial charge >= 0.3 is 0 Å². The Morgan fingerprint density at radius 1 is 1.71 bits per heavy atom. The van der Waals surface area contributed by atoms with Crippen molar-refractivity contribution in [2.45, 2.75) is 25.7 Å². The van der Waals surface area contributed by atoms with E-state index in [0.717, 1.165) is 0 Å². The van der Waals surface area contributed by atoms with Crippen LogP contribution in [0.4, 0.5) is 0 Å². The fraction of sp³-hybridized carbons (Fsp3) is 0.636. The molecule has 0 bridgehead atoms. The molecule has 2 rings (SSSR count). The number of hydrogen-bond acceptors (Lipinski definition) is 4. The van der Waals surface area contributed by atoms with Gasteiger partial charge in [-0.05, 0) is 19.9 Å². The quantitative estimate of drug-likeness (QED) is 0.824. The fourth-order valence-electron chi connectivity index (χ4n) is 1.76. The maximum absolute atomic E-state index is 11.8. The Morgan fingerprint density at radius 2 is 2.47 bits per heavy atom. The van der Waals surface area contributed by atoms with Gasteiger partial charge in [0.15, 0.2) is 5.79 Å². The van der Waals surface area contributed by atoms with Gasteiger partial charge in [-0.3, -0.25) is 9.48 Å². The summed E-state index contributed by atoms with van der Waals surface area (Å²) in [5.41, 5.74) is 0.531. The molecule has 0 aliphatic carbocycles. The summed E-state index contributed by atoms with van der Waals surface area (Å²) in [4.78, 5) is 11.8. The van der Waals surface area contributed by atoms with Crippen LogP contribution in [0.15, 0.2) is 12.3 Å². The van der Waals surface area contributed by atoms with Crippen molar-refractivity contribution >= 4 is 5.91 Å². The van der Waals surface area contributed by atoms with Gasteiger partial charge in [-0.1, -0.05) is 0 Å². The first-order valence-electron chi connectivity index (χ1n) is 5.56. The third-order valence-corrected chi connectivity index (χ3v) is 2.61. The number of aryl methyl sites for hydroxylation is 1. The number of carbonyl (C=O) groups excluding carboxylic acids is 1. The summed E-state index contributed by atoms with van der Waals surface area (Å²) in [7, 11) is 1.73. The fourth-order valence-corrected chi connectivity index (χ4v) is 1.76. The van der Waals surface area contributed by atoms with Gasteiger partial charge in [0.05, 0.1) is 6.61 Å². The van der Waals surface area contributed by atoms with Gasteiger partial charge in [0, 0.05) is 19.8 Å². The Hall–Kier alpha value is -1.40. The van der Waals surface area contributed by atoms with E-state index in [9.17, 15) is 4.79 Å². The van der Waals surface area contributed by atoms with E-state index in [1.165, 1.54) is 4.68 Å². The first-order valence-corrected chi connectivity index (χ1v) is 5.56. The zero-order chi connectivity index (χ0) is 12.5. The largest absolute Gasteiger partial charge is 0.348 e. The number of hydrogen-bond donors (Lipinski definition) is 1. The summed E-state index contributed by atoms with van der Waals surface area (Å²) in [6.45, 7) is 4.65. The van der Waals surface area contributed by atoms with Gasteiger partial charge in [-0.15, -0.1) is 0 Å². The number of carbonyl (C=O) groups is 1. The van der Waals surface area contributed by atoms with Crippen LogP contribution in [-0.2, 0) is 16.5 Å². The first-order chi connectivity index (χ1) is 7.98. The standard InChI is InChI=1S/C11H17N3O3/c1-11(2)16-7-8(17-11)6-12-10(15)9-4-5-13-14(9)3/h4-5,8H,6-7H2,1-3H3,(H,12,15). The molecule has 1 atom stereocenters. The average molecular weight is 239 g/mol. The van der Waals surface area contributed by atoms with E-state index in [1.54, 1.807) is 19.3 Å². The lowest BCUT2D eigenvalue weighted by Gasteiger charge is -2.17. The molecule has 1 aromatic rings. The normalized spacial score (nSPS) is 22.6. The second-order valence-electron chi connectivity index (χ2n) is 4.50. The third kappa shape index (κ3) is 2.83. The molecule has 17 heavy (non-hydrogen) atoms. The second-order valence-corrected chi connectivity index (χ2v) is 4.50. The Morgan fingerprint density at radius 3 is 3.00 bits per heavy atom. The molecule has 1 saturated heterocycles. The first kappa shape index (κ1) is 12.1. The van der Waals surface area contributed by atoms with Gasteiger partial charge in [0.25, 0.3) is 5.91 Å². The van der Waals surface area contributed by atoms with Crippen molar-refractivity contribution in [2.24, 2.45) is 7.05 Å². The van der Waals surface area contributed by atoms with E-state index in [4.69, 9.17) is 9.47 Å². The number of rotatable bonds is 3. The molecule has 1 unspecified atom stereocenters. The predicted octanol–water partition coefficient (Wildman–Crippen LogP) is 0.301.